The van der Waals surface area contributed by atoms with Gasteiger partial charge in [0, 0.05) is 27.3 Å². The summed E-state index contributed by atoms with van der Waals surface area (Å²) in [6.45, 7) is 4.47. The predicted octanol–water partition coefficient (Wildman–Crippen LogP) is 4.35. The maximum atomic E-state index is 12.5. The molecule has 1 unspecified atom stereocenters. The van der Waals surface area contributed by atoms with Gasteiger partial charge < -0.3 is 10.4 Å². The minimum absolute atomic E-state index is 0.00252. The van der Waals surface area contributed by atoms with Crippen LogP contribution in [0.1, 0.15) is 64.4 Å². The summed E-state index contributed by atoms with van der Waals surface area (Å²) in [6, 6.07) is 11.9. The van der Waals surface area contributed by atoms with E-state index < -0.39 is 6.10 Å². The van der Waals surface area contributed by atoms with Gasteiger partial charge in [0.15, 0.2) is 0 Å². The molecule has 0 radical (unpaired) electrons. The highest BCUT2D eigenvalue weighted by Crippen LogP contribution is 2.44. The van der Waals surface area contributed by atoms with Crippen molar-refractivity contribution in [2.45, 2.75) is 51.0 Å². The molecule has 1 fully saturated rings. The van der Waals surface area contributed by atoms with E-state index in [2.05, 4.69) is 11.4 Å². The zero-order valence-electron chi connectivity index (χ0n) is 14.3. The fourth-order valence-electron chi connectivity index (χ4n) is 3.56. The molecular weight excluding hydrogens is 318 g/mol. The SMILES string of the molecule is Cc1cccc(C(=O)NCC2(c3ccc(C(C)O)s3)CCCC2)c1. The molecule has 4 heteroatoms. The summed E-state index contributed by atoms with van der Waals surface area (Å²) < 4.78 is 0. The first-order valence-corrected chi connectivity index (χ1v) is 9.45. The van der Waals surface area contributed by atoms with E-state index in [4.69, 9.17) is 0 Å². The second-order valence-corrected chi connectivity index (χ2v) is 8.03. The highest BCUT2D eigenvalue weighted by Gasteiger charge is 2.37. The molecular formula is C20H25NO2S. The highest BCUT2D eigenvalue weighted by atomic mass is 32.1. The van der Waals surface area contributed by atoms with Crippen molar-refractivity contribution in [3.63, 3.8) is 0 Å². The van der Waals surface area contributed by atoms with Crippen LogP contribution in [0, 0.1) is 6.92 Å². The topological polar surface area (TPSA) is 49.3 Å². The molecule has 2 N–H and O–H groups in total. The van der Waals surface area contributed by atoms with Gasteiger partial charge in [-0.15, -0.1) is 11.3 Å². The number of thiophene rings is 1. The summed E-state index contributed by atoms with van der Waals surface area (Å²) in [4.78, 5) is 14.8. The maximum Gasteiger partial charge on any atom is 0.251 e. The molecule has 1 heterocycles. The second kappa shape index (κ2) is 7.08. The van der Waals surface area contributed by atoms with Crippen LogP contribution in [0.4, 0.5) is 0 Å². The maximum absolute atomic E-state index is 12.5. The number of aryl methyl sites for hydroxylation is 1. The van der Waals surface area contributed by atoms with Crippen LogP contribution in [-0.4, -0.2) is 17.6 Å². The Morgan fingerprint density at radius 3 is 2.67 bits per heavy atom. The first-order valence-electron chi connectivity index (χ1n) is 8.63. The number of aliphatic hydroxyl groups is 1. The molecule has 1 aliphatic carbocycles. The minimum atomic E-state index is -0.427. The molecule has 0 saturated heterocycles. The van der Waals surface area contributed by atoms with E-state index in [0.717, 1.165) is 28.8 Å². The molecule has 1 aromatic carbocycles. The van der Waals surface area contributed by atoms with Crippen LogP contribution in [0.2, 0.25) is 0 Å². The van der Waals surface area contributed by atoms with Crippen LogP contribution in [0.3, 0.4) is 0 Å². The van der Waals surface area contributed by atoms with Gasteiger partial charge in [-0.2, -0.15) is 0 Å². The van der Waals surface area contributed by atoms with Gasteiger partial charge in [-0.3, -0.25) is 4.79 Å². The third kappa shape index (κ3) is 3.55. The van der Waals surface area contributed by atoms with Gasteiger partial charge in [0.1, 0.15) is 0 Å². The zero-order valence-corrected chi connectivity index (χ0v) is 15.2. The van der Waals surface area contributed by atoms with Crippen LogP contribution < -0.4 is 5.32 Å². The Kier molecular flexibility index (Phi) is 5.07. The molecule has 0 bridgehead atoms. The summed E-state index contributed by atoms with van der Waals surface area (Å²) in [7, 11) is 0. The van der Waals surface area contributed by atoms with E-state index in [-0.39, 0.29) is 11.3 Å². The normalized spacial score (nSPS) is 17.6. The molecule has 1 aliphatic rings. The smallest absolute Gasteiger partial charge is 0.251 e. The molecule has 3 nitrogen and oxygen atoms in total. The van der Waals surface area contributed by atoms with Gasteiger partial charge in [0.05, 0.1) is 6.10 Å². The number of rotatable bonds is 5. The first kappa shape index (κ1) is 17.2. The summed E-state index contributed by atoms with van der Waals surface area (Å²) >= 11 is 1.69. The quantitative estimate of drug-likeness (QED) is 0.848. The number of amides is 1. The molecule has 128 valence electrons. The monoisotopic (exact) mass is 343 g/mol. The van der Waals surface area contributed by atoms with Gasteiger partial charge in [-0.1, -0.05) is 30.5 Å². The van der Waals surface area contributed by atoms with Gasteiger partial charge in [-0.05, 0) is 51.0 Å². The Labute approximate surface area is 147 Å². The largest absolute Gasteiger partial charge is 0.388 e. The Morgan fingerprint density at radius 2 is 2.04 bits per heavy atom. The summed E-state index contributed by atoms with van der Waals surface area (Å²) in [5.74, 6) is -0.00252. The molecule has 1 saturated carbocycles. The van der Waals surface area contributed by atoms with Crippen molar-refractivity contribution in [2.75, 3.05) is 6.54 Å². The zero-order chi connectivity index (χ0) is 17.2. The van der Waals surface area contributed by atoms with Crippen LogP contribution in [0.15, 0.2) is 36.4 Å². The van der Waals surface area contributed by atoms with Crippen molar-refractivity contribution in [2.24, 2.45) is 0 Å². The molecule has 2 aromatic rings. The predicted molar refractivity (Wildman–Crippen MR) is 98.6 cm³/mol. The Balaban J connectivity index is 1.75. The van der Waals surface area contributed by atoms with Gasteiger partial charge in [0.25, 0.3) is 5.91 Å². The average Bonchev–Trinajstić information content (AvgIpc) is 3.22. The van der Waals surface area contributed by atoms with Gasteiger partial charge in [-0.25, -0.2) is 0 Å². The van der Waals surface area contributed by atoms with Crippen molar-refractivity contribution in [1.82, 2.24) is 5.32 Å². The van der Waals surface area contributed by atoms with E-state index in [1.165, 1.54) is 17.7 Å². The van der Waals surface area contributed by atoms with Crippen LogP contribution >= 0.6 is 11.3 Å². The van der Waals surface area contributed by atoms with Gasteiger partial charge >= 0.3 is 0 Å². The fourth-order valence-corrected chi connectivity index (χ4v) is 4.75. The lowest BCUT2D eigenvalue weighted by atomic mass is 9.84. The second-order valence-electron chi connectivity index (χ2n) is 6.92. The molecule has 24 heavy (non-hydrogen) atoms. The van der Waals surface area contributed by atoms with Crippen molar-refractivity contribution >= 4 is 17.2 Å². The Bertz CT molecular complexity index is 714. The fraction of sp³-hybridized carbons (Fsp3) is 0.450. The van der Waals surface area contributed by atoms with E-state index in [1.54, 1.807) is 18.3 Å². The highest BCUT2D eigenvalue weighted by molar-refractivity contribution is 7.12. The minimum Gasteiger partial charge on any atom is -0.388 e. The van der Waals surface area contributed by atoms with Crippen LogP contribution in [0.5, 0.6) is 0 Å². The summed E-state index contributed by atoms with van der Waals surface area (Å²) in [5.41, 5.74) is 1.84. The number of aliphatic hydroxyl groups excluding tert-OH is 1. The van der Waals surface area contributed by atoms with Crippen LogP contribution in [-0.2, 0) is 5.41 Å². The third-order valence-corrected chi connectivity index (χ3v) is 6.49. The van der Waals surface area contributed by atoms with Crippen molar-refractivity contribution in [1.29, 1.82) is 0 Å². The summed E-state index contributed by atoms with van der Waals surface area (Å²) in [5, 5.41) is 12.9. The number of carbonyl (C=O) groups is 1. The number of hydrogen-bond acceptors (Lipinski definition) is 3. The standard InChI is InChI=1S/C20H25NO2S/c1-14-6-5-7-16(12-14)19(23)21-13-20(10-3-4-11-20)18-9-8-17(24-18)15(2)22/h5-9,12,15,22H,3-4,10-11,13H2,1-2H3,(H,21,23). The van der Waals surface area contributed by atoms with Crippen molar-refractivity contribution < 1.29 is 9.90 Å². The van der Waals surface area contributed by atoms with Gasteiger partial charge in [0.2, 0.25) is 0 Å². The molecule has 1 amide bonds. The van der Waals surface area contributed by atoms with E-state index in [9.17, 15) is 9.90 Å². The van der Waals surface area contributed by atoms with E-state index >= 15 is 0 Å². The van der Waals surface area contributed by atoms with E-state index in [0.29, 0.717) is 6.54 Å². The molecule has 1 atom stereocenters. The lowest BCUT2D eigenvalue weighted by Gasteiger charge is -2.28. The molecule has 3 rings (SSSR count). The lowest BCUT2D eigenvalue weighted by Crippen LogP contribution is -2.38. The number of benzene rings is 1. The Hall–Kier alpha value is -1.65. The molecule has 0 aliphatic heterocycles. The first-order chi connectivity index (χ1) is 11.5. The lowest BCUT2D eigenvalue weighted by molar-refractivity contribution is 0.0943. The Morgan fingerprint density at radius 1 is 1.29 bits per heavy atom. The average molecular weight is 343 g/mol. The molecule has 0 spiro atoms. The third-order valence-electron chi connectivity index (χ3n) is 4.99. The van der Waals surface area contributed by atoms with Crippen molar-refractivity contribution in [3.05, 3.63) is 57.3 Å². The van der Waals surface area contributed by atoms with E-state index in [1.807, 2.05) is 37.3 Å². The van der Waals surface area contributed by atoms with Crippen molar-refractivity contribution in [3.8, 4) is 0 Å². The van der Waals surface area contributed by atoms with Crippen LogP contribution in [0.25, 0.3) is 0 Å². The molecule has 1 aromatic heterocycles. The number of hydrogen-bond donors (Lipinski definition) is 2. The summed E-state index contributed by atoms with van der Waals surface area (Å²) in [6.07, 6.45) is 4.16. The number of nitrogens with one attached hydrogen (secondary N) is 1. The number of carbonyl (C=O) groups excluding carboxylic acids is 1.